The van der Waals surface area contributed by atoms with Crippen LogP contribution < -0.4 is 15.0 Å². The van der Waals surface area contributed by atoms with E-state index >= 15 is 0 Å². The number of rotatable bonds is 14. The number of pyridine rings is 1. The molecule has 4 saturated carbocycles. The monoisotopic (exact) mass is 881 g/mol. The SMILES string of the molecule is COc1ccc(COC(=O)c2nc(N3CCCc4c3nnc(Nc3nc5ccccc5s3)c4C)ccc2-c2cnn(CC34CC5(C)CC(C)(C3)CC(OCCN(C)C)(C5)C4)c2C)cc1. The van der Waals surface area contributed by atoms with E-state index in [1.165, 1.54) is 19.3 Å². The molecule has 5 heterocycles. The number of methoxy groups -OCH3 is 1. The molecule has 2 aromatic carbocycles. The van der Waals surface area contributed by atoms with Gasteiger partial charge < -0.3 is 29.3 Å². The van der Waals surface area contributed by atoms with Crippen LogP contribution in [-0.2, 0) is 29.0 Å². The lowest BCUT2D eigenvalue weighted by molar-refractivity contribution is -0.248. The van der Waals surface area contributed by atoms with E-state index < -0.39 is 5.97 Å². The Bertz CT molecular complexity index is 2680. The minimum Gasteiger partial charge on any atom is -0.497 e. The van der Waals surface area contributed by atoms with Gasteiger partial charge in [0.1, 0.15) is 18.2 Å². The third kappa shape index (κ3) is 8.02. The standard InChI is InChI=1S/C50H59N9O4S/c1-32-36-11-10-20-58(44(36)56-55-43(32)54-46-52-39-12-8-9-13-40(39)64-46)41-19-18-37(42(53-41)45(60)62-24-34-14-16-35(61-7)17-15-34)38-23-51-59(33(38)2)31-49-26-47(3)25-48(4,27-49)29-50(28-47,30-49)63-22-21-57(5)6/h8-9,12-19,23H,10-11,20-22,24-31H2,1-7H3,(H,52,54,55). The van der Waals surface area contributed by atoms with Gasteiger partial charge in [0.05, 0.1) is 35.7 Å². The predicted octanol–water partition coefficient (Wildman–Crippen LogP) is 9.85. The Morgan fingerprint density at radius 2 is 1.69 bits per heavy atom. The quantitative estimate of drug-likeness (QED) is 0.105. The zero-order valence-corrected chi connectivity index (χ0v) is 39.0. The first-order valence-corrected chi connectivity index (χ1v) is 23.4. The minimum absolute atomic E-state index is 0.0667. The second kappa shape index (κ2) is 16.2. The number of benzene rings is 2. The fraction of sp³-hybridized carbons (Fsp3) is 0.480. The highest BCUT2D eigenvalue weighted by Crippen LogP contribution is 2.72. The summed E-state index contributed by atoms with van der Waals surface area (Å²) in [5, 5.41) is 18.7. The summed E-state index contributed by atoms with van der Waals surface area (Å²) in [6.45, 7) is 12.4. The molecule has 2 unspecified atom stereocenters. The van der Waals surface area contributed by atoms with Crippen LogP contribution in [0.4, 0.5) is 22.6 Å². The maximum absolute atomic E-state index is 14.4. The van der Waals surface area contributed by atoms with Crippen LogP contribution in [0.15, 0.2) is 66.9 Å². The maximum atomic E-state index is 14.4. The summed E-state index contributed by atoms with van der Waals surface area (Å²) in [6.07, 6.45) is 10.5. The van der Waals surface area contributed by atoms with Crippen molar-refractivity contribution in [3.63, 3.8) is 0 Å². The molecule has 4 aromatic heterocycles. The van der Waals surface area contributed by atoms with Crippen molar-refractivity contribution in [2.75, 3.05) is 51.1 Å². The zero-order chi connectivity index (χ0) is 44.4. The molecule has 4 bridgehead atoms. The number of nitrogens with zero attached hydrogens (tertiary/aromatic N) is 8. The van der Waals surface area contributed by atoms with Gasteiger partial charge in [-0.2, -0.15) is 5.10 Å². The van der Waals surface area contributed by atoms with Gasteiger partial charge in [0.2, 0.25) is 0 Å². The average Bonchev–Trinajstić information content (AvgIpc) is 3.83. The van der Waals surface area contributed by atoms with Crippen molar-refractivity contribution in [3.8, 4) is 16.9 Å². The van der Waals surface area contributed by atoms with Crippen LogP contribution in [0, 0.1) is 30.1 Å². The highest BCUT2D eigenvalue weighted by atomic mass is 32.1. The Balaban J connectivity index is 0.965. The van der Waals surface area contributed by atoms with Crippen LogP contribution in [0.2, 0.25) is 0 Å². The molecule has 2 atom stereocenters. The molecule has 5 aliphatic rings. The van der Waals surface area contributed by atoms with E-state index in [2.05, 4.69) is 72.8 Å². The molecule has 4 aliphatic carbocycles. The van der Waals surface area contributed by atoms with Crippen molar-refractivity contribution in [1.82, 2.24) is 34.8 Å². The van der Waals surface area contributed by atoms with E-state index in [-0.39, 0.29) is 34.1 Å². The number of fused-ring (bicyclic) bond motifs is 2. The van der Waals surface area contributed by atoms with E-state index in [0.717, 1.165) is 107 Å². The Kier molecular flexibility index (Phi) is 10.8. The van der Waals surface area contributed by atoms with E-state index in [1.807, 2.05) is 60.8 Å². The third-order valence-electron chi connectivity index (χ3n) is 14.3. The molecule has 13 nitrogen and oxygen atoms in total. The minimum atomic E-state index is -0.506. The molecule has 1 aliphatic heterocycles. The molecule has 0 saturated heterocycles. The predicted molar refractivity (Wildman–Crippen MR) is 251 cm³/mol. The Morgan fingerprint density at radius 1 is 0.906 bits per heavy atom. The molecule has 14 heteroatoms. The summed E-state index contributed by atoms with van der Waals surface area (Å²) >= 11 is 1.59. The van der Waals surface area contributed by atoms with Crippen molar-refractivity contribution in [3.05, 3.63) is 94.9 Å². The molecular weight excluding hydrogens is 823 g/mol. The number of thiazole rings is 1. The van der Waals surface area contributed by atoms with Crippen molar-refractivity contribution < 1.29 is 19.0 Å². The second-order valence-corrected chi connectivity index (χ2v) is 21.2. The Labute approximate surface area is 379 Å². The number of carbonyl (C=O) groups excluding carboxylic acids is 1. The topological polar surface area (TPSA) is 133 Å². The molecule has 1 N–H and O–H groups in total. The summed E-state index contributed by atoms with van der Waals surface area (Å²) in [6, 6.07) is 19.6. The number of anilines is 4. The number of esters is 1. The van der Waals surface area contributed by atoms with Crippen LogP contribution in [0.1, 0.15) is 91.7 Å². The van der Waals surface area contributed by atoms with Gasteiger partial charge in [-0.3, -0.25) is 4.68 Å². The van der Waals surface area contributed by atoms with Crippen molar-refractivity contribution >= 4 is 50.1 Å². The summed E-state index contributed by atoms with van der Waals surface area (Å²) in [5.41, 5.74) is 7.13. The number of ether oxygens (including phenoxy) is 3. The first kappa shape index (κ1) is 42.5. The van der Waals surface area contributed by atoms with E-state index in [0.29, 0.717) is 23.7 Å². The van der Waals surface area contributed by atoms with Gasteiger partial charge in [-0.25, -0.2) is 14.8 Å². The smallest absolute Gasteiger partial charge is 0.358 e. The number of likely N-dealkylation sites (N-methyl/N-ethyl adjacent to an activating group) is 1. The van der Waals surface area contributed by atoms with Crippen LogP contribution in [0.25, 0.3) is 21.3 Å². The van der Waals surface area contributed by atoms with Gasteiger partial charge >= 0.3 is 5.97 Å². The molecule has 334 valence electrons. The molecule has 0 radical (unpaired) electrons. The van der Waals surface area contributed by atoms with Gasteiger partial charge in [-0.05, 0) is 138 Å². The van der Waals surface area contributed by atoms with Gasteiger partial charge in [0.15, 0.2) is 22.5 Å². The molecule has 0 amide bonds. The lowest BCUT2D eigenvalue weighted by Gasteiger charge is -2.69. The van der Waals surface area contributed by atoms with Gasteiger partial charge in [-0.1, -0.05) is 49.4 Å². The molecule has 6 aromatic rings. The first-order valence-electron chi connectivity index (χ1n) is 22.6. The Morgan fingerprint density at radius 3 is 2.44 bits per heavy atom. The molecule has 4 fully saturated rings. The van der Waals surface area contributed by atoms with Crippen molar-refractivity contribution in [2.45, 2.75) is 97.8 Å². The molecule has 11 rings (SSSR count). The number of hydrogen-bond donors (Lipinski definition) is 1. The van der Waals surface area contributed by atoms with E-state index in [9.17, 15) is 4.79 Å². The van der Waals surface area contributed by atoms with Crippen LogP contribution >= 0.6 is 11.3 Å². The maximum Gasteiger partial charge on any atom is 0.358 e. The van der Waals surface area contributed by atoms with Crippen LogP contribution in [0.5, 0.6) is 5.75 Å². The summed E-state index contributed by atoms with van der Waals surface area (Å²) in [4.78, 5) is 28.6. The number of aromatic nitrogens is 6. The lowest BCUT2D eigenvalue weighted by atomic mass is 9.39. The van der Waals surface area contributed by atoms with Gasteiger partial charge in [-0.15, -0.1) is 10.2 Å². The fourth-order valence-corrected chi connectivity index (χ4v) is 13.5. The number of carbonyl (C=O) groups is 1. The zero-order valence-electron chi connectivity index (χ0n) is 38.2. The normalized spacial score (nSPS) is 24.7. The second-order valence-electron chi connectivity index (χ2n) is 20.2. The number of nitrogens with one attached hydrogen (secondary N) is 1. The molecular formula is C50H59N9O4S. The van der Waals surface area contributed by atoms with Gasteiger partial charge in [0, 0.05) is 47.6 Å². The summed E-state index contributed by atoms with van der Waals surface area (Å²) in [7, 11) is 5.86. The molecule has 0 spiro atoms. The average molecular weight is 882 g/mol. The van der Waals surface area contributed by atoms with Crippen molar-refractivity contribution in [2.24, 2.45) is 16.2 Å². The molecule has 64 heavy (non-hydrogen) atoms. The van der Waals surface area contributed by atoms with Gasteiger partial charge in [0.25, 0.3) is 0 Å². The highest BCUT2D eigenvalue weighted by Gasteiger charge is 2.66. The number of para-hydroxylation sites is 1. The van der Waals surface area contributed by atoms with E-state index in [1.54, 1.807) is 18.4 Å². The van der Waals surface area contributed by atoms with E-state index in [4.69, 9.17) is 34.4 Å². The fourth-order valence-electron chi connectivity index (χ4n) is 12.6. The number of hydrogen-bond acceptors (Lipinski definition) is 13. The van der Waals surface area contributed by atoms with Crippen LogP contribution in [0.3, 0.4) is 0 Å². The lowest BCUT2D eigenvalue weighted by Crippen LogP contribution is -2.64. The first-order chi connectivity index (χ1) is 30.7. The third-order valence-corrected chi connectivity index (χ3v) is 15.2. The van der Waals surface area contributed by atoms with Crippen molar-refractivity contribution in [1.29, 1.82) is 0 Å². The summed E-state index contributed by atoms with van der Waals surface area (Å²) < 4.78 is 21.6. The largest absolute Gasteiger partial charge is 0.497 e. The summed E-state index contributed by atoms with van der Waals surface area (Å²) in [5.74, 6) is 2.27. The van der Waals surface area contributed by atoms with Crippen LogP contribution in [-0.4, -0.2) is 87.3 Å². The Hall–Kier alpha value is -5.44. The highest BCUT2D eigenvalue weighted by molar-refractivity contribution is 7.22.